The fourth-order valence-corrected chi connectivity index (χ4v) is 5.88. The van der Waals surface area contributed by atoms with E-state index >= 15 is 0 Å². The molecule has 4 rings (SSSR count). The summed E-state index contributed by atoms with van der Waals surface area (Å²) in [5.41, 5.74) is 1.50. The number of hydrogen-bond donors (Lipinski definition) is 1. The summed E-state index contributed by atoms with van der Waals surface area (Å²) in [6.07, 6.45) is 5.33. The van der Waals surface area contributed by atoms with Crippen LogP contribution in [0.2, 0.25) is 0 Å². The molecular formula is C22H27N3O5S. The zero-order valence-corrected chi connectivity index (χ0v) is 18.3. The Kier molecular flexibility index (Phi) is 6.15. The number of nitrogens with one attached hydrogen (secondary N) is 1. The van der Waals surface area contributed by atoms with Crippen LogP contribution < -0.4 is 5.32 Å². The number of sulfonamides is 1. The molecule has 3 heterocycles. The number of piperidine rings is 1. The summed E-state index contributed by atoms with van der Waals surface area (Å²) in [4.78, 5) is 27.3. The lowest BCUT2D eigenvalue weighted by atomic mass is 10.0. The summed E-state index contributed by atoms with van der Waals surface area (Å²) in [6, 6.07) is 7.56. The van der Waals surface area contributed by atoms with Crippen LogP contribution in [0.1, 0.15) is 41.6 Å². The standard InChI is InChI=1S/C22H27N3O5S/c1-16-4-6-19(7-5-16)31(28,29)25-11-2-3-20(25)21(26)23-18-8-12-24(13-9-18)22(27)17-10-14-30-15-17/h4-7,10,14-15,18,20H,2-3,8-9,11-13H2,1H3,(H,23,26)/t20-/m0/s1. The number of hydrogen-bond acceptors (Lipinski definition) is 5. The van der Waals surface area contributed by atoms with Gasteiger partial charge in [-0.25, -0.2) is 8.42 Å². The Morgan fingerprint density at radius 3 is 2.39 bits per heavy atom. The minimum atomic E-state index is -3.72. The first kappa shape index (κ1) is 21.6. The molecule has 0 unspecified atom stereocenters. The molecule has 2 saturated heterocycles. The van der Waals surface area contributed by atoms with Gasteiger partial charge in [0.1, 0.15) is 12.3 Å². The Balaban J connectivity index is 1.36. The molecule has 8 nitrogen and oxygen atoms in total. The van der Waals surface area contributed by atoms with Crippen molar-refractivity contribution in [3.8, 4) is 0 Å². The van der Waals surface area contributed by atoms with Crippen LogP contribution in [0, 0.1) is 6.92 Å². The Labute approximate surface area is 182 Å². The first-order chi connectivity index (χ1) is 14.9. The quantitative estimate of drug-likeness (QED) is 0.760. The molecule has 0 saturated carbocycles. The van der Waals surface area contributed by atoms with Crippen LogP contribution in [0.5, 0.6) is 0 Å². The molecule has 2 amide bonds. The zero-order chi connectivity index (χ0) is 22.0. The third-order valence-corrected chi connectivity index (χ3v) is 7.95. The highest BCUT2D eigenvalue weighted by Gasteiger charge is 2.40. The highest BCUT2D eigenvalue weighted by atomic mass is 32.2. The van der Waals surface area contributed by atoms with E-state index in [1.807, 2.05) is 6.92 Å². The maximum atomic E-state index is 13.1. The minimum absolute atomic E-state index is 0.0783. The maximum absolute atomic E-state index is 13.1. The molecule has 166 valence electrons. The topological polar surface area (TPSA) is 99.9 Å². The van der Waals surface area contributed by atoms with Crippen molar-refractivity contribution in [2.45, 2.75) is 49.6 Å². The van der Waals surface area contributed by atoms with E-state index < -0.39 is 16.1 Å². The molecule has 9 heteroatoms. The molecule has 1 atom stereocenters. The Morgan fingerprint density at radius 1 is 1.03 bits per heavy atom. The van der Waals surface area contributed by atoms with Gasteiger partial charge in [0.25, 0.3) is 5.91 Å². The lowest BCUT2D eigenvalue weighted by molar-refractivity contribution is -0.125. The second-order valence-electron chi connectivity index (χ2n) is 8.17. The average molecular weight is 446 g/mol. The van der Waals surface area contributed by atoms with Crippen LogP contribution in [0.15, 0.2) is 52.2 Å². The van der Waals surface area contributed by atoms with E-state index in [0.717, 1.165) is 5.56 Å². The smallest absolute Gasteiger partial charge is 0.257 e. The van der Waals surface area contributed by atoms with E-state index in [1.54, 1.807) is 35.2 Å². The van der Waals surface area contributed by atoms with Gasteiger partial charge < -0.3 is 14.6 Å². The first-order valence-electron chi connectivity index (χ1n) is 10.6. The molecule has 0 spiro atoms. The fraction of sp³-hybridized carbons (Fsp3) is 0.455. The molecule has 2 aromatic rings. The van der Waals surface area contributed by atoms with Gasteiger partial charge in [0.05, 0.1) is 16.7 Å². The van der Waals surface area contributed by atoms with Crippen molar-refractivity contribution in [1.29, 1.82) is 0 Å². The predicted octanol–water partition coefficient (Wildman–Crippen LogP) is 2.16. The summed E-state index contributed by atoms with van der Waals surface area (Å²) in [6.45, 7) is 3.30. The van der Waals surface area contributed by atoms with Gasteiger partial charge >= 0.3 is 0 Å². The molecule has 31 heavy (non-hydrogen) atoms. The predicted molar refractivity (Wildman–Crippen MR) is 114 cm³/mol. The van der Waals surface area contributed by atoms with Crippen molar-refractivity contribution >= 4 is 21.8 Å². The lowest BCUT2D eigenvalue weighted by Crippen LogP contribution is -2.52. The van der Waals surface area contributed by atoms with Crippen molar-refractivity contribution in [1.82, 2.24) is 14.5 Å². The van der Waals surface area contributed by atoms with E-state index in [-0.39, 0.29) is 22.8 Å². The SMILES string of the molecule is Cc1ccc(S(=O)(=O)N2CCC[C@H]2C(=O)NC2CCN(C(=O)c3ccoc3)CC2)cc1. The second-order valence-corrected chi connectivity index (χ2v) is 10.1. The molecule has 1 N–H and O–H groups in total. The van der Waals surface area contributed by atoms with E-state index in [4.69, 9.17) is 4.42 Å². The number of nitrogens with zero attached hydrogens (tertiary/aromatic N) is 2. The molecule has 2 fully saturated rings. The summed E-state index contributed by atoms with van der Waals surface area (Å²) >= 11 is 0. The van der Waals surface area contributed by atoms with Gasteiger partial charge in [0.15, 0.2) is 0 Å². The molecule has 0 radical (unpaired) electrons. The monoisotopic (exact) mass is 445 g/mol. The summed E-state index contributed by atoms with van der Waals surface area (Å²) in [5.74, 6) is -0.336. The van der Waals surface area contributed by atoms with Gasteiger partial charge in [0.2, 0.25) is 15.9 Å². The fourth-order valence-electron chi connectivity index (χ4n) is 4.23. The van der Waals surface area contributed by atoms with Gasteiger partial charge in [-0.1, -0.05) is 17.7 Å². The number of furan rings is 1. The molecule has 0 aliphatic carbocycles. The number of carbonyl (C=O) groups excluding carboxylic acids is 2. The van der Waals surface area contributed by atoms with E-state index in [2.05, 4.69) is 5.32 Å². The molecular weight excluding hydrogens is 418 g/mol. The average Bonchev–Trinajstić information content (AvgIpc) is 3.47. The highest BCUT2D eigenvalue weighted by molar-refractivity contribution is 7.89. The van der Waals surface area contributed by atoms with Gasteiger partial charge in [-0.2, -0.15) is 4.31 Å². The molecule has 0 bridgehead atoms. The van der Waals surface area contributed by atoms with Crippen molar-refractivity contribution < 1.29 is 22.4 Å². The van der Waals surface area contributed by atoms with Crippen LogP contribution in [-0.2, 0) is 14.8 Å². The van der Waals surface area contributed by atoms with Gasteiger partial charge in [-0.05, 0) is 50.8 Å². The number of benzene rings is 1. The molecule has 1 aromatic carbocycles. The molecule has 1 aromatic heterocycles. The summed E-state index contributed by atoms with van der Waals surface area (Å²) in [7, 11) is -3.72. The number of amides is 2. The van der Waals surface area contributed by atoms with Crippen LogP contribution >= 0.6 is 0 Å². The largest absolute Gasteiger partial charge is 0.472 e. The Hall–Kier alpha value is -2.65. The minimum Gasteiger partial charge on any atom is -0.472 e. The second kappa shape index (κ2) is 8.84. The van der Waals surface area contributed by atoms with Gasteiger partial charge in [0, 0.05) is 25.7 Å². The first-order valence-corrected chi connectivity index (χ1v) is 12.0. The number of aryl methyl sites for hydroxylation is 1. The van der Waals surface area contributed by atoms with Crippen molar-refractivity contribution in [2.24, 2.45) is 0 Å². The summed E-state index contributed by atoms with van der Waals surface area (Å²) in [5, 5.41) is 3.02. The van der Waals surface area contributed by atoms with Crippen LogP contribution in [0.4, 0.5) is 0 Å². The van der Waals surface area contributed by atoms with Gasteiger partial charge in [-0.15, -0.1) is 0 Å². The lowest BCUT2D eigenvalue weighted by Gasteiger charge is -2.33. The molecule has 2 aliphatic heterocycles. The molecule has 2 aliphatic rings. The van der Waals surface area contributed by atoms with Crippen LogP contribution in [0.3, 0.4) is 0 Å². The third kappa shape index (κ3) is 4.52. The van der Waals surface area contributed by atoms with E-state index in [0.29, 0.717) is 50.9 Å². The number of carbonyl (C=O) groups is 2. The van der Waals surface area contributed by atoms with Crippen LogP contribution in [0.25, 0.3) is 0 Å². The number of rotatable bonds is 5. The number of likely N-dealkylation sites (tertiary alicyclic amines) is 1. The Morgan fingerprint density at radius 2 is 1.74 bits per heavy atom. The van der Waals surface area contributed by atoms with E-state index in [9.17, 15) is 18.0 Å². The van der Waals surface area contributed by atoms with Crippen molar-refractivity contribution in [3.63, 3.8) is 0 Å². The third-order valence-electron chi connectivity index (χ3n) is 6.03. The van der Waals surface area contributed by atoms with Crippen molar-refractivity contribution in [2.75, 3.05) is 19.6 Å². The zero-order valence-electron chi connectivity index (χ0n) is 17.5. The van der Waals surface area contributed by atoms with E-state index in [1.165, 1.54) is 16.8 Å². The highest BCUT2D eigenvalue weighted by Crippen LogP contribution is 2.27. The van der Waals surface area contributed by atoms with Crippen molar-refractivity contribution in [3.05, 3.63) is 54.0 Å². The van der Waals surface area contributed by atoms with Crippen LogP contribution in [-0.4, -0.2) is 61.2 Å². The summed E-state index contributed by atoms with van der Waals surface area (Å²) < 4.78 is 32.5. The normalized spacial score (nSPS) is 20.7. The maximum Gasteiger partial charge on any atom is 0.257 e. The van der Waals surface area contributed by atoms with Gasteiger partial charge in [-0.3, -0.25) is 9.59 Å². The Bertz CT molecular complexity index is 1030.